The van der Waals surface area contributed by atoms with Crippen molar-refractivity contribution in [1.29, 1.82) is 0 Å². The number of benzene rings is 1. The number of nitrogens with one attached hydrogen (secondary N) is 1. The van der Waals surface area contributed by atoms with Crippen molar-refractivity contribution < 1.29 is 9.66 Å². The predicted molar refractivity (Wildman–Crippen MR) is 80.8 cm³/mol. The zero-order valence-corrected chi connectivity index (χ0v) is 12.1. The van der Waals surface area contributed by atoms with Gasteiger partial charge in [0.2, 0.25) is 5.75 Å². The van der Waals surface area contributed by atoms with Gasteiger partial charge >= 0.3 is 5.69 Å². The highest BCUT2D eigenvalue weighted by atomic mass is 35.5. The highest BCUT2D eigenvalue weighted by molar-refractivity contribution is 6.32. The molecular weight excluding hydrogens is 294 g/mol. The van der Waals surface area contributed by atoms with Crippen LogP contribution < -0.4 is 10.1 Å². The Hall–Kier alpha value is -2.34. The third kappa shape index (κ3) is 3.82. The monoisotopic (exact) mass is 307 g/mol. The van der Waals surface area contributed by atoms with Crippen LogP contribution in [0.1, 0.15) is 12.5 Å². The molecule has 0 fully saturated rings. The van der Waals surface area contributed by atoms with Crippen LogP contribution in [0.2, 0.25) is 5.02 Å². The molecule has 0 bridgehead atoms. The first kappa shape index (κ1) is 15.1. The summed E-state index contributed by atoms with van der Waals surface area (Å²) in [5, 5.41) is 14.2. The van der Waals surface area contributed by atoms with Crippen LogP contribution in [0, 0.1) is 10.1 Å². The maximum Gasteiger partial charge on any atom is 0.312 e. The molecule has 2 aromatic rings. The molecule has 0 atom stereocenters. The van der Waals surface area contributed by atoms with Gasteiger partial charge in [0.15, 0.2) is 0 Å². The number of aromatic nitrogens is 1. The second-order valence-corrected chi connectivity index (χ2v) is 4.62. The molecule has 1 aromatic carbocycles. The number of hydrogen-bond acceptors (Lipinski definition) is 5. The van der Waals surface area contributed by atoms with Gasteiger partial charge in [0.1, 0.15) is 12.4 Å². The van der Waals surface area contributed by atoms with Crippen molar-refractivity contribution in [2.45, 2.75) is 13.5 Å². The van der Waals surface area contributed by atoms with Crippen molar-refractivity contribution in [2.24, 2.45) is 0 Å². The molecular formula is C14H14ClN3O3. The summed E-state index contributed by atoms with van der Waals surface area (Å²) >= 11 is 5.95. The summed E-state index contributed by atoms with van der Waals surface area (Å²) < 4.78 is 5.48. The smallest absolute Gasteiger partial charge is 0.312 e. The largest absolute Gasteiger partial charge is 0.481 e. The van der Waals surface area contributed by atoms with Gasteiger partial charge in [-0.05, 0) is 19.1 Å². The molecule has 1 N–H and O–H groups in total. The molecule has 6 nitrogen and oxygen atoms in total. The number of rotatable bonds is 6. The summed E-state index contributed by atoms with van der Waals surface area (Å²) in [6, 6.07) is 8.08. The summed E-state index contributed by atoms with van der Waals surface area (Å²) in [5.74, 6) is 0.838. The molecule has 0 aliphatic carbocycles. The van der Waals surface area contributed by atoms with Crippen molar-refractivity contribution in [1.82, 2.24) is 4.98 Å². The molecule has 1 aromatic heterocycles. The molecule has 0 unspecified atom stereocenters. The summed E-state index contributed by atoms with van der Waals surface area (Å²) in [6.45, 7) is 2.92. The molecule has 0 aliphatic rings. The lowest BCUT2D eigenvalue weighted by atomic mass is 10.3. The van der Waals surface area contributed by atoms with Crippen molar-refractivity contribution in [3.63, 3.8) is 0 Å². The average molecular weight is 308 g/mol. The maximum absolute atomic E-state index is 10.9. The number of nitro benzene ring substituents is 1. The molecule has 2 rings (SSSR count). The van der Waals surface area contributed by atoms with E-state index in [0.29, 0.717) is 0 Å². The summed E-state index contributed by atoms with van der Waals surface area (Å²) in [4.78, 5) is 14.6. The Morgan fingerprint density at radius 1 is 1.38 bits per heavy atom. The highest BCUT2D eigenvalue weighted by Crippen LogP contribution is 2.34. The van der Waals surface area contributed by atoms with Crippen LogP contribution in [0.4, 0.5) is 11.5 Å². The molecule has 21 heavy (non-hydrogen) atoms. The number of ether oxygens (including phenoxy) is 1. The molecule has 0 amide bonds. The molecule has 0 saturated carbocycles. The fourth-order valence-corrected chi connectivity index (χ4v) is 1.96. The van der Waals surface area contributed by atoms with Gasteiger partial charge < -0.3 is 10.1 Å². The van der Waals surface area contributed by atoms with Crippen LogP contribution in [0.25, 0.3) is 0 Å². The van der Waals surface area contributed by atoms with E-state index in [1.165, 1.54) is 12.1 Å². The minimum atomic E-state index is -0.520. The number of para-hydroxylation sites is 1. The fraction of sp³-hybridized carbons (Fsp3) is 0.214. The number of hydrogen-bond donors (Lipinski definition) is 1. The molecule has 0 radical (unpaired) electrons. The van der Waals surface area contributed by atoms with E-state index in [0.717, 1.165) is 17.9 Å². The third-order valence-electron chi connectivity index (χ3n) is 2.71. The fourth-order valence-electron chi connectivity index (χ4n) is 1.74. The number of pyridine rings is 1. The number of nitrogens with zero attached hydrogens (tertiary/aromatic N) is 2. The summed E-state index contributed by atoms with van der Waals surface area (Å²) in [6.07, 6.45) is 1.65. The van der Waals surface area contributed by atoms with Crippen LogP contribution in [-0.4, -0.2) is 16.5 Å². The lowest BCUT2D eigenvalue weighted by Crippen LogP contribution is -2.02. The second kappa shape index (κ2) is 6.90. The van der Waals surface area contributed by atoms with Crippen molar-refractivity contribution in [3.8, 4) is 5.75 Å². The van der Waals surface area contributed by atoms with Crippen molar-refractivity contribution in [2.75, 3.05) is 11.9 Å². The summed E-state index contributed by atoms with van der Waals surface area (Å²) in [5.41, 5.74) is 0.644. The van der Waals surface area contributed by atoms with Crippen LogP contribution in [-0.2, 0) is 6.61 Å². The summed E-state index contributed by atoms with van der Waals surface area (Å²) in [7, 11) is 0. The first-order valence-electron chi connectivity index (χ1n) is 6.36. The normalized spacial score (nSPS) is 10.2. The standard InChI is InChI=1S/C14H14ClN3O3/c1-2-16-13-7-6-10(8-17-13)9-21-14-11(15)4-3-5-12(14)18(19)20/h3-8H,2,9H2,1H3,(H,16,17). The van der Waals surface area contributed by atoms with Crippen LogP contribution in [0.3, 0.4) is 0 Å². The Morgan fingerprint density at radius 2 is 2.19 bits per heavy atom. The Morgan fingerprint density at radius 3 is 2.81 bits per heavy atom. The zero-order chi connectivity index (χ0) is 15.2. The van der Waals surface area contributed by atoms with E-state index in [4.69, 9.17) is 16.3 Å². The van der Waals surface area contributed by atoms with Gasteiger partial charge in [-0.25, -0.2) is 4.98 Å². The average Bonchev–Trinajstić information content (AvgIpc) is 2.47. The molecule has 110 valence electrons. The topological polar surface area (TPSA) is 77.3 Å². The van der Waals surface area contributed by atoms with Crippen LogP contribution in [0.5, 0.6) is 5.75 Å². The van der Waals surface area contributed by atoms with Gasteiger partial charge in [-0.15, -0.1) is 0 Å². The van der Waals surface area contributed by atoms with E-state index in [1.54, 1.807) is 12.3 Å². The quantitative estimate of drug-likeness (QED) is 0.651. The maximum atomic E-state index is 10.9. The molecule has 1 heterocycles. The van der Waals surface area contributed by atoms with E-state index in [2.05, 4.69) is 10.3 Å². The Balaban J connectivity index is 2.11. The van der Waals surface area contributed by atoms with E-state index >= 15 is 0 Å². The SMILES string of the molecule is CCNc1ccc(COc2c(Cl)cccc2[N+](=O)[O-])cn1. The van der Waals surface area contributed by atoms with E-state index in [9.17, 15) is 10.1 Å². The second-order valence-electron chi connectivity index (χ2n) is 4.22. The van der Waals surface area contributed by atoms with Gasteiger partial charge in [-0.2, -0.15) is 0 Å². The Bertz CT molecular complexity index is 632. The minimum absolute atomic E-state index is 0.0694. The van der Waals surface area contributed by atoms with Gasteiger partial charge in [-0.3, -0.25) is 10.1 Å². The van der Waals surface area contributed by atoms with Crippen molar-refractivity contribution in [3.05, 3.63) is 57.2 Å². The highest BCUT2D eigenvalue weighted by Gasteiger charge is 2.18. The lowest BCUT2D eigenvalue weighted by Gasteiger charge is -2.09. The number of anilines is 1. The van der Waals surface area contributed by atoms with Crippen LogP contribution >= 0.6 is 11.6 Å². The molecule has 0 saturated heterocycles. The van der Waals surface area contributed by atoms with E-state index in [-0.39, 0.29) is 23.1 Å². The van der Waals surface area contributed by atoms with Gasteiger partial charge in [0, 0.05) is 24.4 Å². The molecule has 0 aliphatic heterocycles. The third-order valence-corrected chi connectivity index (χ3v) is 3.01. The first-order valence-corrected chi connectivity index (χ1v) is 6.74. The van der Waals surface area contributed by atoms with E-state index < -0.39 is 4.92 Å². The van der Waals surface area contributed by atoms with Gasteiger partial charge in [0.05, 0.1) is 9.95 Å². The van der Waals surface area contributed by atoms with Crippen LogP contribution in [0.15, 0.2) is 36.5 Å². The van der Waals surface area contributed by atoms with Gasteiger partial charge in [0.25, 0.3) is 0 Å². The minimum Gasteiger partial charge on any atom is -0.481 e. The number of halogens is 1. The van der Waals surface area contributed by atoms with E-state index in [1.807, 2.05) is 19.1 Å². The Labute approximate surface area is 126 Å². The van der Waals surface area contributed by atoms with Gasteiger partial charge in [-0.1, -0.05) is 23.7 Å². The zero-order valence-electron chi connectivity index (χ0n) is 11.4. The predicted octanol–water partition coefficient (Wildman–Crippen LogP) is 3.65. The number of nitro groups is 1. The lowest BCUT2D eigenvalue weighted by molar-refractivity contribution is -0.385. The molecule has 7 heteroatoms. The van der Waals surface area contributed by atoms with Crippen molar-refractivity contribution >= 4 is 23.1 Å². The molecule has 0 spiro atoms. The first-order chi connectivity index (χ1) is 10.1. The Kier molecular flexibility index (Phi) is 4.94.